The lowest BCUT2D eigenvalue weighted by Gasteiger charge is -2.36. The molecule has 2 aromatic rings. The Balaban J connectivity index is 1.35. The third kappa shape index (κ3) is 4.15. The van der Waals surface area contributed by atoms with Gasteiger partial charge in [0.25, 0.3) is 0 Å². The van der Waals surface area contributed by atoms with E-state index < -0.39 is 0 Å². The van der Waals surface area contributed by atoms with Gasteiger partial charge in [0.05, 0.1) is 6.54 Å². The molecule has 1 aromatic heterocycles. The summed E-state index contributed by atoms with van der Waals surface area (Å²) in [7, 11) is 0. The van der Waals surface area contributed by atoms with Crippen molar-refractivity contribution < 1.29 is 0 Å². The summed E-state index contributed by atoms with van der Waals surface area (Å²) in [4.78, 5) is 17.7. The van der Waals surface area contributed by atoms with Crippen LogP contribution in [0.5, 0.6) is 0 Å². The van der Waals surface area contributed by atoms with Crippen molar-refractivity contribution in [3.8, 4) is 0 Å². The highest BCUT2D eigenvalue weighted by atomic mass is 16.2. The van der Waals surface area contributed by atoms with E-state index in [1.54, 1.807) is 4.68 Å². The summed E-state index contributed by atoms with van der Waals surface area (Å²) in [6.07, 6.45) is 2.27. The van der Waals surface area contributed by atoms with Crippen molar-refractivity contribution in [1.29, 1.82) is 0 Å². The van der Waals surface area contributed by atoms with E-state index in [2.05, 4.69) is 45.4 Å². The number of aromatic nitrogens is 3. The van der Waals surface area contributed by atoms with Gasteiger partial charge >= 0.3 is 5.69 Å². The lowest BCUT2D eigenvalue weighted by Crippen LogP contribution is -2.47. The molecule has 4 rings (SSSR count). The fraction of sp³-hybridized carbons (Fsp3) is 0.619. The molecule has 1 N–H and O–H groups in total. The molecule has 2 aliphatic rings. The third-order valence-electron chi connectivity index (χ3n) is 6.05. The Morgan fingerprint density at radius 2 is 1.89 bits per heavy atom. The van der Waals surface area contributed by atoms with E-state index in [9.17, 15) is 4.79 Å². The molecular weight excluding hydrogens is 352 g/mol. The second-order valence-corrected chi connectivity index (χ2v) is 7.82. The Bertz CT molecular complexity index is 800. The number of anilines is 1. The number of piperidine rings is 1. The number of piperazine rings is 1. The molecule has 0 aliphatic carbocycles. The molecule has 0 bridgehead atoms. The predicted octanol–water partition coefficient (Wildman–Crippen LogP) is 1.35. The molecule has 0 radical (unpaired) electrons. The van der Waals surface area contributed by atoms with Crippen molar-refractivity contribution in [2.75, 3.05) is 50.7 Å². The van der Waals surface area contributed by atoms with Gasteiger partial charge in [0.15, 0.2) is 0 Å². The van der Waals surface area contributed by atoms with E-state index in [1.165, 1.54) is 5.69 Å². The van der Waals surface area contributed by atoms with Crippen molar-refractivity contribution in [3.05, 3.63) is 46.6 Å². The maximum absolute atomic E-state index is 12.8. The Morgan fingerprint density at radius 3 is 2.57 bits per heavy atom. The zero-order valence-electron chi connectivity index (χ0n) is 16.9. The quantitative estimate of drug-likeness (QED) is 0.815. The predicted molar refractivity (Wildman–Crippen MR) is 112 cm³/mol. The van der Waals surface area contributed by atoms with Crippen LogP contribution in [0.25, 0.3) is 0 Å². The standard InChI is InChI=1S/C21H32N6O/c1-2-26-20(18-7-6-10-22-17-18)23-27(21(26)28)16-13-24-11-14-25(15-12-24)19-8-4-3-5-9-19/h3-5,8-9,18,22H,2,6-7,10-17H2,1H3. The fourth-order valence-electron chi connectivity index (χ4n) is 4.38. The average molecular weight is 385 g/mol. The lowest BCUT2D eigenvalue weighted by molar-refractivity contribution is 0.243. The first-order chi connectivity index (χ1) is 13.8. The fourth-order valence-corrected chi connectivity index (χ4v) is 4.38. The zero-order chi connectivity index (χ0) is 19.3. The van der Waals surface area contributed by atoms with Crippen molar-refractivity contribution >= 4 is 5.69 Å². The van der Waals surface area contributed by atoms with Crippen molar-refractivity contribution in [3.63, 3.8) is 0 Å². The number of nitrogens with zero attached hydrogens (tertiary/aromatic N) is 5. The van der Waals surface area contributed by atoms with E-state index in [0.717, 1.165) is 64.5 Å². The second kappa shape index (κ2) is 8.92. The third-order valence-corrected chi connectivity index (χ3v) is 6.05. The van der Waals surface area contributed by atoms with Crippen LogP contribution in [-0.4, -0.2) is 65.1 Å². The minimum Gasteiger partial charge on any atom is -0.369 e. The summed E-state index contributed by atoms with van der Waals surface area (Å²) >= 11 is 0. The van der Waals surface area contributed by atoms with Gasteiger partial charge in [-0.1, -0.05) is 18.2 Å². The maximum atomic E-state index is 12.8. The van der Waals surface area contributed by atoms with Crippen LogP contribution in [0.1, 0.15) is 31.5 Å². The van der Waals surface area contributed by atoms with Crippen molar-refractivity contribution in [1.82, 2.24) is 24.6 Å². The summed E-state index contributed by atoms with van der Waals surface area (Å²) in [6, 6.07) is 10.6. The van der Waals surface area contributed by atoms with Crippen molar-refractivity contribution in [2.24, 2.45) is 0 Å². The van der Waals surface area contributed by atoms with E-state index in [0.29, 0.717) is 19.0 Å². The van der Waals surface area contributed by atoms with Gasteiger partial charge < -0.3 is 10.2 Å². The number of hydrogen-bond donors (Lipinski definition) is 1. The highest BCUT2D eigenvalue weighted by Crippen LogP contribution is 2.20. The molecule has 7 nitrogen and oxygen atoms in total. The molecular formula is C21H32N6O. The van der Waals surface area contributed by atoms with Crippen LogP contribution in [0.15, 0.2) is 35.1 Å². The van der Waals surface area contributed by atoms with Gasteiger partial charge in [0.2, 0.25) is 0 Å². The summed E-state index contributed by atoms with van der Waals surface area (Å²) < 4.78 is 3.56. The molecule has 28 heavy (non-hydrogen) atoms. The Morgan fingerprint density at radius 1 is 1.11 bits per heavy atom. The average Bonchev–Trinajstić information content (AvgIpc) is 3.09. The summed E-state index contributed by atoms with van der Waals surface area (Å²) in [5, 5.41) is 8.18. The number of rotatable bonds is 6. The minimum atomic E-state index is 0.0472. The van der Waals surface area contributed by atoms with Crippen LogP contribution in [0.4, 0.5) is 5.69 Å². The molecule has 0 spiro atoms. The van der Waals surface area contributed by atoms with Crippen LogP contribution in [0.2, 0.25) is 0 Å². The van der Waals surface area contributed by atoms with Gasteiger partial charge in [-0.15, -0.1) is 0 Å². The SMILES string of the molecule is CCn1c(C2CCCNC2)nn(CCN2CCN(c3ccccc3)CC2)c1=O. The summed E-state index contributed by atoms with van der Waals surface area (Å²) in [5.41, 5.74) is 1.34. The van der Waals surface area contributed by atoms with E-state index in [-0.39, 0.29) is 5.69 Å². The van der Waals surface area contributed by atoms with Crippen LogP contribution >= 0.6 is 0 Å². The van der Waals surface area contributed by atoms with Gasteiger partial charge in [-0.3, -0.25) is 9.47 Å². The molecule has 0 amide bonds. The lowest BCUT2D eigenvalue weighted by atomic mass is 9.99. The van der Waals surface area contributed by atoms with Gasteiger partial charge in [0, 0.05) is 57.4 Å². The monoisotopic (exact) mass is 384 g/mol. The maximum Gasteiger partial charge on any atom is 0.345 e. The first kappa shape index (κ1) is 19.2. The minimum absolute atomic E-state index is 0.0472. The first-order valence-corrected chi connectivity index (χ1v) is 10.7. The molecule has 0 saturated carbocycles. The molecule has 2 aliphatic heterocycles. The Labute approximate surface area is 166 Å². The van der Waals surface area contributed by atoms with Crippen LogP contribution in [0.3, 0.4) is 0 Å². The number of hydrogen-bond acceptors (Lipinski definition) is 5. The van der Waals surface area contributed by atoms with Crippen LogP contribution < -0.4 is 15.9 Å². The summed E-state index contributed by atoms with van der Waals surface area (Å²) in [5.74, 6) is 1.32. The zero-order valence-corrected chi connectivity index (χ0v) is 16.9. The number of para-hydroxylation sites is 1. The van der Waals surface area contributed by atoms with Gasteiger partial charge in [-0.25, -0.2) is 9.48 Å². The second-order valence-electron chi connectivity index (χ2n) is 7.82. The normalized spacial score (nSPS) is 21.2. The molecule has 2 saturated heterocycles. The van der Waals surface area contributed by atoms with Gasteiger partial charge in [0.1, 0.15) is 5.82 Å². The molecule has 2 fully saturated rings. The topological polar surface area (TPSA) is 58.3 Å². The molecule has 1 unspecified atom stereocenters. The molecule has 1 aromatic carbocycles. The number of benzene rings is 1. The summed E-state index contributed by atoms with van der Waals surface area (Å²) in [6.45, 7) is 10.4. The number of nitrogens with one attached hydrogen (secondary N) is 1. The molecule has 3 heterocycles. The van der Waals surface area contributed by atoms with E-state index in [4.69, 9.17) is 5.10 Å². The highest BCUT2D eigenvalue weighted by molar-refractivity contribution is 5.46. The van der Waals surface area contributed by atoms with Gasteiger partial charge in [-0.05, 0) is 38.4 Å². The van der Waals surface area contributed by atoms with Crippen LogP contribution in [0, 0.1) is 0 Å². The highest BCUT2D eigenvalue weighted by Gasteiger charge is 2.24. The molecule has 7 heteroatoms. The molecule has 1 atom stereocenters. The van der Waals surface area contributed by atoms with Crippen LogP contribution in [-0.2, 0) is 13.1 Å². The Hall–Kier alpha value is -2.12. The first-order valence-electron chi connectivity index (χ1n) is 10.7. The smallest absolute Gasteiger partial charge is 0.345 e. The van der Waals surface area contributed by atoms with E-state index in [1.807, 2.05) is 11.5 Å². The largest absolute Gasteiger partial charge is 0.369 e. The molecule has 152 valence electrons. The Kier molecular flexibility index (Phi) is 6.12. The van der Waals surface area contributed by atoms with E-state index >= 15 is 0 Å². The van der Waals surface area contributed by atoms with Gasteiger partial charge in [-0.2, -0.15) is 5.10 Å². The van der Waals surface area contributed by atoms with Crippen molar-refractivity contribution in [2.45, 2.75) is 38.8 Å².